The van der Waals surface area contributed by atoms with Crippen LogP contribution in [0.1, 0.15) is 0 Å². The second kappa shape index (κ2) is 6.56. The first-order valence-electron chi connectivity index (χ1n) is 6.86. The van der Waals surface area contributed by atoms with Gasteiger partial charge in [0.1, 0.15) is 30.2 Å². The van der Waals surface area contributed by atoms with Crippen LogP contribution in [0, 0.1) is 0 Å². The third-order valence-corrected chi connectivity index (χ3v) is 5.07. The minimum Gasteiger partial charge on any atom is -0.460 e. The average Bonchev–Trinajstić information content (AvgIpc) is 2.95. The molecule has 23 heavy (non-hydrogen) atoms. The van der Waals surface area contributed by atoms with Gasteiger partial charge in [0, 0.05) is 10.7 Å². The molecule has 5 atom stereocenters. The SMILES string of the molecule is OC[C@H]1O[C@H](Oc2c[nH]c3ccc(Br)c(Cl)c23)[C@@H](O)[C@@H](O)[C@@H]1O. The van der Waals surface area contributed by atoms with Gasteiger partial charge in [0.25, 0.3) is 0 Å². The first-order valence-corrected chi connectivity index (χ1v) is 8.03. The number of benzene rings is 1. The van der Waals surface area contributed by atoms with Gasteiger partial charge in [-0.15, -0.1) is 0 Å². The summed E-state index contributed by atoms with van der Waals surface area (Å²) in [4.78, 5) is 2.98. The van der Waals surface area contributed by atoms with Crippen LogP contribution in [0.4, 0.5) is 0 Å². The Kier molecular flexibility index (Phi) is 4.84. The number of H-pyrrole nitrogens is 1. The predicted molar refractivity (Wildman–Crippen MR) is 85.4 cm³/mol. The molecular weight excluding hydrogens is 394 g/mol. The Labute approximate surface area is 144 Å². The summed E-state index contributed by atoms with van der Waals surface area (Å²) in [6.45, 7) is -0.523. The van der Waals surface area contributed by atoms with Gasteiger partial charge in [0.15, 0.2) is 0 Å². The van der Waals surface area contributed by atoms with Crippen molar-refractivity contribution in [2.45, 2.75) is 30.7 Å². The number of hydrogen-bond donors (Lipinski definition) is 5. The van der Waals surface area contributed by atoms with E-state index in [1.807, 2.05) is 0 Å². The van der Waals surface area contributed by atoms with Crippen molar-refractivity contribution in [1.82, 2.24) is 4.98 Å². The number of rotatable bonds is 3. The van der Waals surface area contributed by atoms with Crippen LogP contribution in [0.2, 0.25) is 5.02 Å². The second-order valence-corrected chi connectivity index (χ2v) is 6.48. The topological polar surface area (TPSA) is 115 Å². The summed E-state index contributed by atoms with van der Waals surface area (Å²) >= 11 is 9.58. The van der Waals surface area contributed by atoms with Crippen LogP contribution in [0.5, 0.6) is 5.75 Å². The normalized spacial score (nSPS) is 31.5. The molecule has 0 unspecified atom stereocenters. The van der Waals surface area contributed by atoms with Crippen molar-refractivity contribution in [2.75, 3.05) is 6.61 Å². The lowest BCUT2D eigenvalue weighted by atomic mass is 9.99. The molecule has 0 amide bonds. The first-order chi connectivity index (χ1) is 10.9. The van der Waals surface area contributed by atoms with E-state index in [2.05, 4.69) is 20.9 Å². The van der Waals surface area contributed by atoms with Crippen molar-refractivity contribution >= 4 is 38.4 Å². The highest BCUT2D eigenvalue weighted by atomic mass is 79.9. The van der Waals surface area contributed by atoms with Crippen LogP contribution in [-0.4, -0.2) is 62.7 Å². The number of hydrogen-bond acceptors (Lipinski definition) is 6. The molecule has 1 fully saturated rings. The van der Waals surface area contributed by atoms with Gasteiger partial charge < -0.3 is 34.9 Å². The Morgan fingerprint density at radius 2 is 1.96 bits per heavy atom. The molecule has 1 saturated heterocycles. The van der Waals surface area contributed by atoms with Gasteiger partial charge in [-0.2, -0.15) is 0 Å². The van der Waals surface area contributed by atoms with Crippen molar-refractivity contribution < 1.29 is 29.9 Å². The maximum Gasteiger partial charge on any atom is 0.229 e. The first kappa shape index (κ1) is 17.0. The van der Waals surface area contributed by atoms with E-state index in [1.165, 1.54) is 0 Å². The lowest BCUT2D eigenvalue weighted by Crippen LogP contribution is -2.60. The Balaban J connectivity index is 1.91. The molecule has 1 aromatic heterocycles. The molecular formula is C14H15BrClNO6. The quantitative estimate of drug-likeness (QED) is 0.512. The fourth-order valence-corrected chi connectivity index (χ4v) is 3.10. The highest BCUT2D eigenvalue weighted by molar-refractivity contribution is 9.10. The number of aliphatic hydroxyl groups is 4. The Hall–Kier alpha value is -0.870. The molecule has 9 heteroatoms. The monoisotopic (exact) mass is 407 g/mol. The summed E-state index contributed by atoms with van der Waals surface area (Å²) in [5.74, 6) is 0.315. The molecule has 7 nitrogen and oxygen atoms in total. The third-order valence-electron chi connectivity index (χ3n) is 3.79. The number of aromatic amines is 1. The molecule has 2 aromatic rings. The zero-order valence-corrected chi connectivity index (χ0v) is 14.0. The van der Waals surface area contributed by atoms with Crippen LogP contribution in [0.3, 0.4) is 0 Å². The van der Waals surface area contributed by atoms with Gasteiger partial charge in [-0.1, -0.05) is 11.6 Å². The zero-order valence-electron chi connectivity index (χ0n) is 11.7. The predicted octanol–water partition coefficient (Wildman–Crippen LogP) is 0.762. The summed E-state index contributed by atoms with van der Waals surface area (Å²) in [6.07, 6.45) is -5.17. The van der Waals surface area contributed by atoms with E-state index in [0.717, 1.165) is 5.52 Å². The average molecular weight is 409 g/mol. The van der Waals surface area contributed by atoms with Crippen LogP contribution in [-0.2, 0) is 4.74 Å². The van der Waals surface area contributed by atoms with E-state index in [1.54, 1.807) is 18.3 Å². The minimum absolute atomic E-state index is 0.315. The van der Waals surface area contributed by atoms with Gasteiger partial charge in [0.2, 0.25) is 6.29 Å². The molecule has 2 heterocycles. The lowest BCUT2D eigenvalue weighted by Gasteiger charge is -2.39. The van der Waals surface area contributed by atoms with E-state index in [-0.39, 0.29) is 0 Å². The number of aromatic nitrogens is 1. The van der Waals surface area contributed by atoms with E-state index < -0.39 is 37.3 Å². The molecule has 126 valence electrons. The van der Waals surface area contributed by atoms with E-state index in [0.29, 0.717) is 20.6 Å². The van der Waals surface area contributed by atoms with Crippen molar-refractivity contribution in [3.63, 3.8) is 0 Å². The van der Waals surface area contributed by atoms with Crippen molar-refractivity contribution in [2.24, 2.45) is 0 Å². The molecule has 0 radical (unpaired) electrons. The summed E-state index contributed by atoms with van der Waals surface area (Å²) in [5.41, 5.74) is 0.720. The largest absolute Gasteiger partial charge is 0.460 e. The highest BCUT2D eigenvalue weighted by Crippen LogP contribution is 2.38. The van der Waals surface area contributed by atoms with E-state index in [4.69, 9.17) is 21.1 Å². The smallest absolute Gasteiger partial charge is 0.229 e. The minimum atomic E-state index is -1.50. The van der Waals surface area contributed by atoms with Crippen molar-refractivity contribution in [3.8, 4) is 5.75 Å². The fourth-order valence-electron chi connectivity index (χ4n) is 2.51. The molecule has 1 aromatic carbocycles. The molecule has 0 spiro atoms. The van der Waals surface area contributed by atoms with Crippen LogP contribution < -0.4 is 4.74 Å². The van der Waals surface area contributed by atoms with E-state index in [9.17, 15) is 20.4 Å². The molecule has 1 aliphatic rings. The zero-order chi connectivity index (χ0) is 16.7. The number of ether oxygens (including phenoxy) is 2. The number of nitrogens with one attached hydrogen (secondary N) is 1. The molecule has 5 N–H and O–H groups in total. The Morgan fingerprint density at radius 3 is 2.65 bits per heavy atom. The fraction of sp³-hybridized carbons (Fsp3) is 0.429. The van der Waals surface area contributed by atoms with Crippen LogP contribution >= 0.6 is 27.5 Å². The molecule has 0 saturated carbocycles. The molecule has 1 aliphatic heterocycles. The maximum atomic E-state index is 10.0. The van der Waals surface area contributed by atoms with E-state index >= 15 is 0 Å². The van der Waals surface area contributed by atoms with Gasteiger partial charge >= 0.3 is 0 Å². The second-order valence-electron chi connectivity index (χ2n) is 5.25. The lowest BCUT2D eigenvalue weighted by molar-refractivity contribution is -0.277. The summed E-state index contributed by atoms with van der Waals surface area (Å²) in [7, 11) is 0. The van der Waals surface area contributed by atoms with Crippen molar-refractivity contribution in [1.29, 1.82) is 0 Å². The van der Waals surface area contributed by atoms with Crippen molar-refractivity contribution in [3.05, 3.63) is 27.8 Å². The van der Waals surface area contributed by atoms with Gasteiger partial charge in [-0.25, -0.2) is 0 Å². The van der Waals surface area contributed by atoms with Crippen LogP contribution in [0.25, 0.3) is 10.9 Å². The highest BCUT2D eigenvalue weighted by Gasteiger charge is 2.44. The van der Waals surface area contributed by atoms with Gasteiger partial charge in [0.05, 0.1) is 22.5 Å². The van der Waals surface area contributed by atoms with Gasteiger partial charge in [-0.3, -0.25) is 0 Å². The summed E-state index contributed by atoms with van der Waals surface area (Å²) in [5, 5.41) is 39.8. The Bertz CT molecular complexity index is 708. The maximum absolute atomic E-state index is 10.0. The molecule has 0 bridgehead atoms. The molecule has 3 rings (SSSR count). The third kappa shape index (κ3) is 2.96. The number of halogens is 2. The summed E-state index contributed by atoms with van der Waals surface area (Å²) < 4.78 is 11.6. The summed E-state index contributed by atoms with van der Waals surface area (Å²) in [6, 6.07) is 3.57. The Morgan fingerprint density at radius 1 is 1.22 bits per heavy atom. The van der Waals surface area contributed by atoms with Gasteiger partial charge in [-0.05, 0) is 28.1 Å². The standard InChI is InChI=1S/C14H15BrClNO6/c15-5-1-2-6-9(10(5)16)7(3-17-6)22-14-13(21)12(20)11(19)8(4-18)23-14/h1-3,8,11-14,17-21H,4H2/t8-,11-,12+,13+,14+/m1/s1. The number of aliphatic hydroxyl groups excluding tert-OH is 4. The number of fused-ring (bicyclic) bond motifs is 1. The molecule has 0 aliphatic carbocycles. The van der Waals surface area contributed by atoms with Crippen LogP contribution in [0.15, 0.2) is 22.8 Å².